The first kappa shape index (κ1) is 21.6. The third-order valence-electron chi connectivity index (χ3n) is 3.78. The smallest absolute Gasteiger partial charge is 0.229 e. The fourth-order valence-electron chi connectivity index (χ4n) is 2.59. The van der Waals surface area contributed by atoms with Crippen LogP contribution in [0.2, 0.25) is 0 Å². The highest BCUT2D eigenvalue weighted by Gasteiger charge is 2.08. The van der Waals surface area contributed by atoms with E-state index in [0.717, 1.165) is 23.1 Å². The van der Waals surface area contributed by atoms with Crippen molar-refractivity contribution in [3.63, 3.8) is 0 Å². The lowest BCUT2D eigenvalue weighted by Crippen LogP contribution is -2.37. The zero-order valence-corrected chi connectivity index (χ0v) is 17.3. The van der Waals surface area contributed by atoms with Gasteiger partial charge in [0.2, 0.25) is 10.0 Å². The van der Waals surface area contributed by atoms with Gasteiger partial charge in [0.1, 0.15) is 5.75 Å². The molecule has 0 aromatic heterocycles. The number of para-hydroxylation sites is 2. The first-order valence-corrected chi connectivity index (χ1v) is 11.1. The largest absolute Gasteiger partial charge is 0.494 e. The summed E-state index contributed by atoms with van der Waals surface area (Å²) in [6.07, 6.45) is 1.14. The Morgan fingerprint density at radius 1 is 1.00 bits per heavy atom. The lowest BCUT2D eigenvalue weighted by Gasteiger charge is -2.15. The quantitative estimate of drug-likeness (QED) is 0.441. The van der Waals surface area contributed by atoms with Crippen molar-refractivity contribution < 1.29 is 13.2 Å². The Bertz CT molecular complexity index is 898. The minimum Gasteiger partial charge on any atom is -0.494 e. The van der Waals surface area contributed by atoms with Gasteiger partial charge in [-0.3, -0.25) is 4.72 Å². The van der Waals surface area contributed by atoms with Crippen molar-refractivity contribution in [2.75, 3.05) is 24.1 Å². The lowest BCUT2D eigenvalue weighted by atomic mass is 10.2. The van der Waals surface area contributed by atoms with Crippen LogP contribution in [0.1, 0.15) is 25.0 Å². The topological polar surface area (TPSA) is 91.8 Å². The van der Waals surface area contributed by atoms with Gasteiger partial charge in [0.05, 0.1) is 25.1 Å². The Hall–Kier alpha value is -2.74. The lowest BCUT2D eigenvalue weighted by molar-refractivity contribution is 0.336. The SMILES string of the molecule is CCNC(=NCc1ccccc1OCC)NCc1ccccc1NS(C)(=O)=O. The van der Waals surface area contributed by atoms with Crippen LogP contribution in [0.3, 0.4) is 0 Å². The molecular formula is C20H28N4O3S. The molecule has 2 aromatic carbocycles. The van der Waals surface area contributed by atoms with Crippen LogP contribution in [-0.4, -0.2) is 33.8 Å². The van der Waals surface area contributed by atoms with Crippen molar-refractivity contribution in [2.24, 2.45) is 4.99 Å². The van der Waals surface area contributed by atoms with Gasteiger partial charge in [-0.25, -0.2) is 13.4 Å². The Morgan fingerprint density at radius 3 is 2.36 bits per heavy atom. The molecule has 28 heavy (non-hydrogen) atoms. The molecule has 2 rings (SSSR count). The Balaban J connectivity index is 2.11. The second kappa shape index (κ2) is 10.6. The number of benzene rings is 2. The molecule has 0 aliphatic heterocycles. The molecular weight excluding hydrogens is 376 g/mol. The minimum absolute atomic E-state index is 0.428. The number of anilines is 1. The molecule has 0 heterocycles. The number of sulfonamides is 1. The summed E-state index contributed by atoms with van der Waals surface area (Å²) in [4.78, 5) is 4.62. The molecule has 0 amide bonds. The van der Waals surface area contributed by atoms with Gasteiger partial charge >= 0.3 is 0 Å². The van der Waals surface area contributed by atoms with E-state index >= 15 is 0 Å². The van der Waals surface area contributed by atoms with Gasteiger partial charge in [-0.2, -0.15) is 0 Å². The van der Waals surface area contributed by atoms with Crippen LogP contribution in [0.5, 0.6) is 5.75 Å². The second-order valence-corrected chi connectivity index (χ2v) is 7.87. The van der Waals surface area contributed by atoms with E-state index < -0.39 is 10.0 Å². The molecule has 0 atom stereocenters. The molecule has 2 aromatic rings. The van der Waals surface area contributed by atoms with Crippen LogP contribution >= 0.6 is 0 Å². The maximum absolute atomic E-state index is 11.6. The maximum Gasteiger partial charge on any atom is 0.229 e. The van der Waals surface area contributed by atoms with Crippen molar-refractivity contribution in [2.45, 2.75) is 26.9 Å². The molecule has 0 unspecified atom stereocenters. The van der Waals surface area contributed by atoms with E-state index in [4.69, 9.17) is 4.74 Å². The van der Waals surface area contributed by atoms with Crippen molar-refractivity contribution in [1.82, 2.24) is 10.6 Å². The van der Waals surface area contributed by atoms with Crippen molar-refractivity contribution >= 4 is 21.7 Å². The number of nitrogens with one attached hydrogen (secondary N) is 3. The standard InChI is InChI=1S/C20H28N4O3S/c1-4-21-20(23-15-17-11-7-9-13-19(17)27-5-2)22-14-16-10-6-8-12-18(16)24-28(3,25)26/h6-13,24H,4-5,14-15H2,1-3H3,(H2,21,22,23). The number of aliphatic imine (C=N–C) groups is 1. The average Bonchev–Trinajstić information content (AvgIpc) is 2.65. The van der Waals surface area contributed by atoms with E-state index in [1.54, 1.807) is 12.1 Å². The zero-order chi connectivity index (χ0) is 20.4. The average molecular weight is 405 g/mol. The minimum atomic E-state index is -3.34. The maximum atomic E-state index is 11.6. The number of guanidine groups is 1. The zero-order valence-electron chi connectivity index (χ0n) is 16.5. The number of ether oxygens (including phenoxy) is 1. The monoisotopic (exact) mass is 404 g/mol. The van der Waals surface area contributed by atoms with E-state index in [-0.39, 0.29) is 0 Å². The van der Waals surface area contributed by atoms with Gasteiger partial charge in [0.15, 0.2) is 5.96 Å². The number of hydrogen-bond acceptors (Lipinski definition) is 4. The predicted octanol–water partition coefficient (Wildman–Crippen LogP) is 2.71. The summed E-state index contributed by atoms with van der Waals surface area (Å²) in [5.74, 6) is 1.47. The molecule has 0 radical (unpaired) electrons. The van der Waals surface area contributed by atoms with E-state index in [9.17, 15) is 8.42 Å². The van der Waals surface area contributed by atoms with Gasteiger partial charge in [0.25, 0.3) is 0 Å². The molecule has 8 heteroatoms. The molecule has 7 nitrogen and oxygen atoms in total. The van der Waals surface area contributed by atoms with E-state index in [2.05, 4.69) is 20.3 Å². The molecule has 0 aliphatic rings. The fraction of sp³-hybridized carbons (Fsp3) is 0.350. The first-order valence-electron chi connectivity index (χ1n) is 9.21. The van der Waals surface area contributed by atoms with Gasteiger partial charge in [-0.05, 0) is 31.5 Å². The predicted molar refractivity (Wildman–Crippen MR) is 114 cm³/mol. The molecule has 0 spiro atoms. The second-order valence-electron chi connectivity index (χ2n) is 6.12. The number of hydrogen-bond donors (Lipinski definition) is 3. The summed E-state index contributed by atoms with van der Waals surface area (Å²) in [6.45, 7) is 6.15. The summed E-state index contributed by atoms with van der Waals surface area (Å²) < 4.78 is 31.3. The first-order chi connectivity index (χ1) is 13.4. The van der Waals surface area contributed by atoms with Gasteiger partial charge in [-0.15, -0.1) is 0 Å². The van der Waals surface area contributed by atoms with Crippen LogP contribution in [-0.2, 0) is 23.1 Å². The van der Waals surface area contributed by atoms with Crippen LogP contribution < -0.4 is 20.1 Å². The highest BCUT2D eigenvalue weighted by atomic mass is 32.2. The molecule has 152 valence electrons. The van der Waals surface area contributed by atoms with Gasteiger partial charge in [0, 0.05) is 18.7 Å². The van der Waals surface area contributed by atoms with Crippen LogP contribution in [0.4, 0.5) is 5.69 Å². The summed E-state index contributed by atoms with van der Waals surface area (Å²) >= 11 is 0. The Kier molecular flexibility index (Phi) is 8.13. The fourth-order valence-corrected chi connectivity index (χ4v) is 3.19. The highest BCUT2D eigenvalue weighted by Crippen LogP contribution is 2.19. The van der Waals surface area contributed by atoms with Crippen molar-refractivity contribution in [3.05, 3.63) is 59.7 Å². The molecule has 3 N–H and O–H groups in total. The Labute approximate surface area is 167 Å². The molecule has 0 saturated heterocycles. The number of rotatable bonds is 9. The normalized spacial score (nSPS) is 11.8. The molecule has 0 aliphatic carbocycles. The summed E-state index contributed by atoms with van der Waals surface area (Å²) in [5.41, 5.74) is 2.38. The van der Waals surface area contributed by atoms with E-state index in [1.807, 2.05) is 50.2 Å². The molecule has 0 bridgehead atoms. The van der Waals surface area contributed by atoms with Crippen molar-refractivity contribution in [1.29, 1.82) is 0 Å². The number of nitrogens with zero attached hydrogens (tertiary/aromatic N) is 1. The third-order valence-corrected chi connectivity index (χ3v) is 4.37. The van der Waals surface area contributed by atoms with Crippen molar-refractivity contribution in [3.8, 4) is 5.75 Å². The van der Waals surface area contributed by atoms with Crippen LogP contribution in [0, 0.1) is 0 Å². The Morgan fingerprint density at radius 2 is 1.68 bits per heavy atom. The van der Waals surface area contributed by atoms with Crippen LogP contribution in [0.15, 0.2) is 53.5 Å². The van der Waals surface area contributed by atoms with Gasteiger partial charge in [-0.1, -0.05) is 36.4 Å². The summed E-state index contributed by atoms with van der Waals surface area (Å²) in [5, 5.41) is 6.45. The molecule has 0 fully saturated rings. The third kappa shape index (κ3) is 7.11. The van der Waals surface area contributed by atoms with E-state index in [0.29, 0.717) is 37.9 Å². The highest BCUT2D eigenvalue weighted by molar-refractivity contribution is 7.92. The molecule has 0 saturated carbocycles. The van der Waals surface area contributed by atoms with Crippen LogP contribution in [0.25, 0.3) is 0 Å². The summed E-state index contributed by atoms with van der Waals surface area (Å²) in [7, 11) is -3.34. The summed E-state index contributed by atoms with van der Waals surface area (Å²) in [6, 6.07) is 15.1. The van der Waals surface area contributed by atoms with Gasteiger partial charge < -0.3 is 15.4 Å². The van der Waals surface area contributed by atoms with E-state index in [1.165, 1.54) is 0 Å².